The van der Waals surface area contributed by atoms with Crippen molar-refractivity contribution in [3.05, 3.63) is 36.0 Å². The van der Waals surface area contributed by atoms with Crippen molar-refractivity contribution >= 4 is 0 Å². The molecule has 5 heteroatoms. The van der Waals surface area contributed by atoms with Gasteiger partial charge in [-0.25, -0.2) is 0 Å². The fraction of sp³-hybridized carbons (Fsp3) is 0.438. The quantitative estimate of drug-likeness (QED) is 0.781. The number of H-pyrrole nitrogens is 1. The number of benzene rings is 1. The third-order valence-corrected chi connectivity index (χ3v) is 3.23. The van der Waals surface area contributed by atoms with E-state index in [1.807, 2.05) is 32.4 Å². The van der Waals surface area contributed by atoms with Gasteiger partial charge >= 0.3 is 0 Å². The molecule has 0 amide bonds. The van der Waals surface area contributed by atoms with Crippen molar-refractivity contribution in [2.45, 2.75) is 13.5 Å². The zero-order chi connectivity index (χ0) is 15.1. The summed E-state index contributed by atoms with van der Waals surface area (Å²) in [7, 11) is 4.08. The van der Waals surface area contributed by atoms with E-state index >= 15 is 0 Å². The number of nitrogens with zero attached hydrogens (tertiary/aromatic N) is 2. The fourth-order valence-electron chi connectivity index (χ4n) is 2.02. The SMILES string of the molecule is CCNCc1cn[nH]c1-c1ccc(OCCN(C)C)cc1. The van der Waals surface area contributed by atoms with E-state index in [1.165, 1.54) is 5.56 Å². The second-order valence-corrected chi connectivity index (χ2v) is 5.23. The van der Waals surface area contributed by atoms with Crippen LogP contribution in [0.4, 0.5) is 0 Å². The number of nitrogens with one attached hydrogen (secondary N) is 2. The van der Waals surface area contributed by atoms with Crippen molar-refractivity contribution < 1.29 is 4.74 Å². The first kappa shape index (κ1) is 15.5. The number of hydrogen-bond acceptors (Lipinski definition) is 4. The maximum atomic E-state index is 5.70. The van der Waals surface area contributed by atoms with E-state index in [-0.39, 0.29) is 0 Å². The van der Waals surface area contributed by atoms with Gasteiger partial charge in [-0.1, -0.05) is 6.92 Å². The Morgan fingerprint density at radius 2 is 2.00 bits per heavy atom. The number of aromatic nitrogens is 2. The van der Waals surface area contributed by atoms with Crippen LogP contribution >= 0.6 is 0 Å². The lowest BCUT2D eigenvalue weighted by atomic mass is 10.1. The lowest BCUT2D eigenvalue weighted by molar-refractivity contribution is 0.261. The van der Waals surface area contributed by atoms with Crippen LogP contribution in [0.1, 0.15) is 12.5 Å². The zero-order valence-electron chi connectivity index (χ0n) is 13.0. The molecule has 5 nitrogen and oxygen atoms in total. The summed E-state index contributed by atoms with van der Waals surface area (Å²) >= 11 is 0. The molecule has 21 heavy (non-hydrogen) atoms. The largest absolute Gasteiger partial charge is 0.492 e. The molecule has 0 radical (unpaired) electrons. The molecule has 0 saturated carbocycles. The third-order valence-electron chi connectivity index (χ3n) is 3.23. The van der Waals surface area contributed by atoms with Crippen LogP contribution in [0.2, 0.25) is 0 Å². The van der Waals surface area contributed by atoms with Crippen molar-refractivity contribution in [2.24, 2.45) is 0 Å². The molecule has 2 aromatic rings. The monoisotopic (exact) mass is 288 g/mol. The van der Waals surface area contributed by atoms with Crippen LogP contribution in [0, 0.1) is 0 Å². The summed E-state index contributed by atoms with van der Waals surface area (Å²) in [6.07, 6.45) is 1.87. The number of rotatable bonds is 8. The highest BCUT2D eigenvalue weighted by atomic mass is 16.5. The van der Waals surface area contributed by atoms with Crippen molar-refractivity contribution in [3.8, 4) is 17.0 Å². The molecule has 0 aliphatic rings. The van der Waals surface area contributed by atoms with Crippen molar-refractivity contribution in [1.29, 1.82) is 0 Å². The van der Waals surface area contributed by atoms with E-state index in [1.54, 1.807) is 0 Å². The smallest absolute Gasteiger partial charge is 0.119 e. The Hall–Kier alpha value is -1.85. The molecule has 0 saturated heterocycles. The predicted molar refractivity (Wildman–Crippen MR) is 85.5 cm³/mol. The highest BCUT2D eigenvalue weighted by Crippen LogP contribution is 2.23. The van der Waals surface area contributed by atoms with E-state index in [2.05, 4.69) is 39.5 Å². The minimum atomic E-state index is 0.697. The highest BCUT2D eigenvalue weighted by Gasteiger charge is 2.07. The minimum absolute atomic E-state index is 0.697. The summed E-state index contributed by atoms with van der Waals surface area (Å²) in [6, 6.07) is 8.13. The van der Waals surface area contributed by atoms with Gasteiger partial charge in [0, 0.05) is 24.2 Å². The van der Waals surface area contributed by atoms with Gasteiger partial charge in [0.2, 0.25) is 0 Å². The standard InChI is InChI=1S/C16H24N4O/c1-4-17-11-14-12-18-19-16(14)13-5-7-15(8-6-13)21-10-9-20(2)3/h5-8,12,17H,4,9-11H2,1-3H3,(H,18,19). The zero-order valence-corrected chi connectivity index (χ0v) is 13.0. The van der Waals surface area contributed by atoms with Crippen LogP contribution in [0.15, 0.2) is 30.5 Å². The molecule has 2 N–H and O–H groups in total. The second kappa shape index (κ2) is 7.81. The molecule has 1 aromatic heterocycles. The molecule has 114 valence electrons. The van der Waals surface area contributed by atoms with Gasteiger partial charge in [0.05, 0.1) is 11.9 Å². The average Bonchev–Trinajstić information content (AvgIpc) is 2.94. The van der Waals surface area contributed by atoms with Crippen LogP contribution in [0.3, 0.4) is 0 Å². The Bertz CT molecular complexity index is 533. The van der Waals surface area contributed by atoms with Crippen molar-refractivity contribution in [1.82, 2.24) is 20.4 Å². The number of likely N-dealkylation sites (N-methyl/N-ethyl adjacent to an activating group) is 1. The van der Waals surface area contributed by atoms with Gasteiger partial charge in [-0.15, -0.1) is 0 Å². The normalized spacial score (nSPS) is 11.0. The van der Waals surface area contributed by atoms with E-state index < -0.39 is 0 Å². The molecule has 0 aliphatic heterocycles. The summed E-state index contributed by atoms with van der Waals surface area (Å²) in [5.41, 5.74) is 3.37. The van der Waals surface area contributed by atoms with E-state index in [4.69, 9.17) is 4.74 Å². The highest BCUT2D eigenvalue weighted by molar-refractivity contribution is 5.63. The van der Waals surface area contributed by atoms with E-state index in [0.717, 1.165) is 36.6 Å². The van der Waals surface area contributed by atoms with Crippen molar-refractivity contribution in [3.63, 3.8) is 0 Å². The third kappa shape index (κ3) is 4.58. The number of ether oxygens (including phenoxy) is 1. The first-order valence-electron chi connectivity index (χ1n) is 7.31. The summed E-state index contributed by atoms with van der Waals surface area (Å²) in [5, 5.41) is 10.5. The Kier molecular flexibility index (Phi) is 5.78. The second-order valence-electron chi connectivity index (χ2n) is 5.23. The van der Waals surface area contributed by atoms with E-state index in [0.29, 0.717) is 6.61 Å². The molecular formula is C16H24N4O. The molecule has 0 bridgehead atoms. The predicted octanol–water partition coefficient (Wildman–Crippen LogP) is 2.13. The molecule has 1 heterocycles. The van der Waals surface area contributed by atoms with Gasteiger partial charge < -0.3 is 15.0 Å². The van der Waals surface area contributed by atoms with Crippen LogP contribution in [0.5, 0.6) is 5.75 Å². The molecule has 1 aromatic carbocycles. The van der Waals surface area contributed by atoms with Crippen molar-refractivity contribution in [2.75, 3.05) is 33.8 Å². The molecule has 0 atom stereocenters. The molecule has 0 spiro atoms. The first-order valence-corrected chi connectivity index (χ1v) is 7.31. The summed E-state index contributed by atoms with van der Waals surface area (Å²) in [6.45, 7) is 5.48. The molecule has 0 aliphatic carbocycles. The van der Waals surface area contributed by atoms with Crippen LogP contribution in [-0.4, -0.2) is 48.9 Å². The summed E-state index contributed by atoms with van der Waals surface area (Å²) in [4.78, 5) is 2.10. The van der Waals surface area contributed by atoms with Crippen LogP contribution < -0.4 is 10.1 Å². The lowest BCUT2D eigenvalue weighted by Gasteiger charge is -2.11. The average molecular weight is 288 g/mol. The summed E-state index contributed by atoms with van der Waals surface area (Å²) in [5.74, 6) is 0.897. The van der Waals surface area contributed by atoms with E-state index in [9.17, 15) is 0 Å². The Morgan fingerprint density at radius 1 is 1.24 bits per heavy atom. The molecule has 2 rings (SSSR count). The van der Waals surface area contributed by atoms with Gasteiger partial charge in [-0.05, 0) is 44.9 Å². The van der Waals surface area contributed by atoms with Crippen LogP contribution in [-0.2, 0) is 6.54 Å². The number of hydrogen-bond donors (Lipinski definition) is 2. The van der Waals surface area contributed by atoms with Gasteiger partial charge in [-0.2, -0.15) is 5.10 Å². The van der Waals surface area contributed by atoms with Gasteiger partial charge in [0.15, 0.2) is 0 Å². The summed E-state index contributed by atoms with van der Waals surface area (Å²) < 4.78 is 5.70. The van der Waals surface area contributed by atoms with Crippen LogP contribution in [0.25, 0.3) is 11.3 Å². The Morgan fingerprint density at radius 3 is 2.67 bits per heavy atom. The van der Waals surface area contributed by atoms with Gasteiger partial charge in [0.25, 0.3) is 0 Å². The lowest BCUT2D eigenvalue weighted by Crippen LogP contribution is -2.19. The Balaban J connectivity index is 2.00. The maximum absolute atomic E-state index is 5.70. The maximum Gasteiger partial charge on any atom is 0.119 e. The Labute approximate surface area is 126 Å². The van der Waals surface area contributed by atoms with Gasteiger partial charge in [-0.3, -0.25) is 5.10 Å². The fourth-order valence-corrected chi connectivity index (χ4v) is 2.02. The number of aromatic amines is 1. The topological polar surface area (TPSA) is 53.2 Å². The first-order chi connectivity index (χ1) is 10.2. The molecular weight excluding hydrogens is 264 g/mol. The minimum Gasteiger partial charge on any atom is -0.492 e. The van der Waals surface area contributed by atoms with Gasteiger partial charge in [0.1, 0.15) is 12.4 Å². The molecule has 0 unspecified atom stereocenters. The molecule has 0 fully saturated rings.